The van der Waals surface area contributed by atoms with E-state index in [1.165, 1.54) is 32.2 Å². The van der Waals surface area contributed by atoms with Crippen LogP contribution in [0.1, 0.15) is 39.5 Å². The SMILES string of the molecule is CC(C)N(C)CCCCCCCl. The first-order chi connectivity index (χ1) is 5.68. The van der Waals surface area contributed by atoms with Gasteiger partial charge in [0.25, 0.3) is 0 Å². The van der Waals surface area contributed by atoms with E-state index in [1.54, 1.807) is 0 Å². The summed E-state index contributed by atoms with van der Waals surface area (Å²) < 4.78 is 0. The first-order valence-corrected chi connectivity index (χ1v) is 5.48. The molecule has 0 unspecified atom stereocenters. The van der Waals surface area contributed by atoms with Gasteiger partial charge in [-0.15, -0.1) is 11.6 Å². The van der Waals surface area contributed by atoms with Crippen LogP contribution >= 0.6 is 11.6 Å². The molecule has 0 N–H and O–H groups in total. The topological polar surface area (TPSA) is 3.24 Å². The lowest BCUT2D eigenvalue weighted by Gasteiger charge is -2.20. The minimum absolute atomic E-state index is 0.679. The van der Waals surface area contributed by atoms with Gasteiger partial charge >= 0.3 is 0 Å². The van der Waals surface area contributed by atoms with Crippen LogP contribution in [0.25, 0.3) is 0 Å². The van der Waals surface area contributed by atoms with Crippen molar-refractivity contribution in [2.45, 2.75) is 45.6 Å². The lowest BCUT2D eigenvalue weighted by molar-refractivity contribution is 0.267. The highest BCUT2D eigenvalue weighted by Gasteiger charge is 2.01. The van der Waals surface area contributed by atoms with E-state index in [4.69, 9.17) is 11.6 Å². The van der Waals surface area contributed by atoms with Gasteiger partial charge in [-0.25, -0.2) is 0 Å². The Bertz CT molecular complexity index is 93.8. The van der Waals surface area contributed by atoms with Crippen LogP contribution in [-0.4, -0.2) is 30.4 Å². The summed E-state index contributed by atoms with van der Waals surface area (Å²) in [4.78, 5) is 2.39. The molecule has 0 aromatic heterocycles. The van der Waals surface area contributed by atoms with Gasteiger partial charge in [-0.05, 0) is 40.3 Å². The van der Waals surface area contributed by atoms with E-state index in [0.29, 0.717) is 6.04 Å². The zero-order chi connectivity index (χ0) is 9.40. The number of hydrogen-bond acceptors (Lipinski definition) is 1. The van der Waals surface area contributed by atoms with E-state index in [2.05, 4.69) is 25.8 Å². The van der Waals surface area contributed by atoms with Crippen molar-refractivity contribution in [2.24, 2.45) is 0 Å². The smallest absolute Gasteiger partial charge is 0.0223 e. The maximum absolute atomic E-state index is 5.58. The Labute approximate surface area is 82.1 Å². The van der Waals surface area contributed by atoms with Crippen LogP contribution < -0.4 is 0 Å². The Morgan fingerprint density at radius 1 is 1.08 bits per heavy atom. The van der Waals surface area contributed by atoms with Gasteiger partial charge in [-0.1, -0.05) is 12.8 Å². The van der Waals surface area contributed by atoms with Crippen LogP contribution in [0, 0.1) is 0 Å². The lowest BCUT2D eigenvalue weighted by Crippen LogP contribution is -2.27. The zero-order valence-electron chi connectivity index (χ0n) is 8.65. The molecule has 0 bridgehead atoms. The van der Waals surface area contributed by atoms with Crippen molar-refractivity contribution in [2.75, 3.05) is 19.5 Å². The van der Waals surface area contributed by atoms with Gasteiger partial charge in [0.15, 0.2) is 0 Å². The monoisotopic (exact) mass is 191 g/mol. The minimum atomic E-state index is 0.679. The van der Waals surface area contributed by atoms with Crippen LogP contribution in [0.4, 0.5) is 0 Å². The van der Waals surface area contributed by atoms with Crippen molar-refractivity contribution in [1.29, 1.82) is 0 Å². The third kappa shape index (κ3) is 6.93. The van der Waals surface area contributed by atoms with E-state index in [-0.39, 0.29) is 0 Å². The molecule has 0 amide bonds. The Morgan fingerprint density at radius 3 is 2.17 bits per heavy atom. The molecule has 0 aromatic rings. The predicted molar refractivity (Wildman–Crippen MR) is 57.0 cm³/mol. The van der Waals surface area contributed by atoms with E-state index in [0.717, 1.165) is 5.88 Å². The van der Waals surface area contributed by atoms with Gasteiger partial charge in [-0.3, -0.25) is 0 Å². The van der Waals surface area contributed by atoms with Crippen LogP contribution in [-0.2, 0) is 0 Å². The molecule has 0 rings (SSSR count). The van der Waals surface area contributed by atoms with Crippen molar-refractivity contribution in [3.05, 3.63) is 0 Å². The van der Waals surface area contributed by atoms with Crippen molar-refractivity contribution in [3.8, 4) is 0 Å². The molecule has 74 valence electrons. The molecule has 12 heavy (non-hydrogen) atoms. The molecule has 0 saturated carbocycles. The summed E-state index contributed by atoms with van der Waals surface area (Å²) in [6.45, 7) is 5.69. The normalized spacial score (nSPS) is 11.5. The Morgan fingerprint density at radius 2 is 1.67 bits per heavy atom. The van der Waals surface area contributed by atoms with Crippen molar-refractivity contribution >= 4 is 11.6 Å². The highest BCUT2D eigenvalue weighted by Crippen LogP contribution is 2.03. The molecule has 0 aliphatic rings. The highest BCUT2D eigenvalue weighted by atomic mass is 35.5. The molecule has 0 heterocycles. The van der Waals surface area contributed by atoms with Crippen LogP contribution in [0.2, 0.25) is 0 Å². The van der Waals surface area contributed by atoms with Crippen molar-refractivity contribution < 1.29 is 0 Å². The lowest BCUT2D eigenvalue weighted by atomic mass is 10.2. The zero-order valence-corrected chi connectivity index (χ0v) is 9.40. The fourth-order valence-corrected chi connectivity index (χ4v) is 1.26. The summed E-state index contributed by atoms with van der Waals surface area (Å²) in [7, 11) is 2.19. The maximum Gasteiger partial charge on any atom is 0.0223 e. The van der Waals surface area contributed by atoms with Crippen LogP contribution in [0.5, 0.6) is 0 Å². The first kappa shape index (κ1) is 12.2. The molecular weight excluding hydrogens is 170 g/mol. The quantitative estimate of drug-likeness (QED) is 0.442. The number of rotatable bonds is 7. The fraction of sp³-hybridized carbons (Fsp3) is 1.00. The molecule has 0 fully saturated rings. The predicted octanol–water partition coefficient (Wildman–Crippen LogP) is 3.13. The summed E-state index contributed by atoms with van der Waals surface area (Å²) in [6.07, 6.45) is 5.09. The molecule has 2 heteroatoms. The Hall–Kier alpha value is 0.250. The van der Waals surface area contributed by atoms with Crippen molar-refractivity contribution in [1.82, 2.24) is 4.90 Å². The Balaban J connectivity index is 3.08. The largest absolute Gasteiger partial charge is 0.304 e. The van der Waals surface area contributed by atoms with E-state index in [9.17, 15) is 0 Å². The van der Waals surface area contributed by atoms with Gasteiger partial charge in [0, 0.05) is 11.9 Å². The number of nitrogens with zero attached hydrogens (tertiary/aromatic N) is 1. The fourth-order valence-electron chi connectivity index (χ4n) is 1.07. The molecular formula is C10H22ClN. The third-order valence-electron chi connectivity index (χ3n) is 2.28. The third-order valence-corrected chi connectivity index (χ3v) is 2.54. The van der Waals surface area contributed by atoms with Gasteiger partial charge in [0.1, 0.15) is 0 Å². The summed E-state index contributed by atoms with van der Waals surface area (Å²) in [5.74, 6) is 0.819. The van der Waals surface area contributed by atoms with E-state index in [1.807, 2.05) is 0 Å². The number of alkyl halides is 1. The number of halogens is 1. The average Bonchev–Trinajstić information content (AvgIpc) is 2.03. The Kier molecular flexibility index (Phi) is 8.04. The van der Waals surface area contributed by atoms with Crippen molar-refractivity contribution in [3.63, 3.8) is 0 Å². The average molecular weight is 192 g/mol. The van der Waals surface area contributed by atoms with Gasteiger partial charge in [0.2, 0.25) is 0 Å². The molecule has 0 radical (unpaired) electrons. The molecule has 0 aromatic carbocycles. The molecule has 0 aliphatic heterocycles. The first-order valence-electron chi connectivity index (χ1n) is 4.94. The van der Waals surface area contributed by atoms with E-state index >= 15 is 0 Å². The molecule has 0 saturated heterocycles. The van der Waals surface area contributed by atoms with Gasteiger partial charge in [0.05, 0.1) is 0 Å². The summed E-state index contributed by atoms with van der Waals surface area (Å²) >= 11 is 5.58. The minimum Gasteiger partial charge on any atom is -0.304 e. The molecule has 1 nitrogen and oxygen atoms in total. The van der Waals surface area contributed by atoms with Crippen LogP contribution in [0.3, 0.4) is 0 Å². The maximum atomic E-state index is 5.58. The van der Waals surface area contributed by atoms with Crippen LogP contribution in [0.15, 0.2) is 0 Å². The summed E-state index contributed by atoms with van der Waals surface area (Å²) in [5, 5.41) is 0. The standard InChI is InChI=1S/C10H22ClN/c1-10(2)12(3)9-7-5-4-6-8-11/h10H,4-9H2,1-3H3. The number of unbranched alkanes of at least 4 members (excludes halogenated alkanes) is 3. The van der Waals surface area contributed by atoms with Gasteiger partial charge in [-0.2, -0.15) is 0 Å². The highest BCUT2D eigenvalue weighted by molar-refractivity contribution is 6.17. The molecule has 0 spiro atoms. The van der Waals surface area contributed by atoms with Gasteiger partial charge < -0.3 is 4.90 Å². The molecule has 0 aliphatic carbocycles. The second kappa shape index (κ2) is 7.88. The molecule has 0 atom stereocenters. The van der Waals surface area contributed by atoms with E-state index < -0.39 is 0 Å². The number of hydrogen-bond donors (Lipinski definition) is 0. The second-order valence-corrected chi connectivity index (χ2v) is 4.06. The second-order valence-electron chi connectivity index (χ2n) is 3.68. The summed E-state index contributed by atoms with van der Waals surface area (Å²) in [5.41, 5.74) is 0. The summed E-state index contributed by atoms with van der Waals surface area (Å²) in [6, 6.07) is 0.679.